The standard InChI is InChI=1S/C10H13BrClN3O/c1-15(5-7-3-2-4-16-7)10-8(11)9(12)13-6-14-10/h6-7H,2-5H2,1H3. The van der Waals surface area contributed by atoms with Crippen molar-refractivity contribution in [3.8, 4) is 0 Å². The van der Waals surface area contributed by atoms with Crippen molar-refractivity contribution in [2.45, 2.75) is 18.9 Å². The molecule has 1 aromatic rings. The summed E-state index contributed by atoms with van der Waals surface area (Å²) in [5.41, 5.74) is 0. The second-order valence-corrected chi connectivity index (χ2v) is 4.97. The highest BCUT2D eigenvalue weighted by molar-refractivity contribution is 9.10. The van der Waals surface area contributed by atoms with Crippen molar-refractivity contribution in [1.82, 2.24) is 9.97 Å². The van der Waals surface area contributed by atoms with Crippen molar-refractivity contribution in [2.75, 3.05) is 25.1 Å². The molecule has 0 aromatic carbocycles. The number of likely N-dealkylation sites (N-methyl/N-ethyl adjacent to an activating group) is 1. The first kappa shape index (κ1) is 12.1. The first-order valence-corrected chi connectivity index (χ1v) is 6.34. The van der Waals surface area contributed by atoms with Crippen LogP contribution in [0.15, 0.2) is 10.8 Å². The molecule has 4 nitrogen and oxygen atoms in total. The molecule has 0 amide bonds. The fourth-order valence-electron chi connectivity index (χ4n) is 1.79. The topological polar surface area (TPSA) is 38.2 Å². The maximum absolute atomic E-state index is 5.92. The molecule has 0 radical (unpaired) electrons. The molecule has 1 aliphatic heterocycles. The Morgan fingerprint density at radius 2 is 2.44 bits per heavy atom. The molecule has 1 saturated heterocycles. The van der Waals surface area contributed by atoms with E-state index in [-0.39, 0.29) is 0 Å². The molecule has 0 saturated carbocycles. The molecule has 1 unspecified atom stereocenters. The Bertz CT molecular complexity index is 371. The number of rotatable bonds is 3. The molecule has 2 rings (SSSR count). The average molecular weight is 307 g/mol. The number of nitrogens with zero attached hydrogens (tertiary/aromatic N) is 3. The summed E-state index contributed by atoms with van der Waals surface area (Å²) in [6.45, 7) is 1.69. The first-order valence-electron chi connectivity index (χ1n) is 5.17. The monoisotopic (exact) mass is 305 g/mol. The largest absolute Gasteiger partial charge is 0.376 e. The molecule has 1 fully saturated rings. The van der Waals surface area contributed by atoms with Gasteiger partial charge in [-0.05, 0) is 28.8 Å². The van der Waals surface area contributed by atoms with Crippen molar-refractivity contribution in [3.63, 3.8) is 0 Å². The third-order valence-electron chi connectivity index (χ3n) is 2.59. The van der Waals surface area contributed by atoms with E-state index in [1.807, 2.05) is 11.9 Å². The van der Waals surface area contributed by atoms with Gasteiger partial charge in [-0.15, -0.1) is 0 Å². The molecule has 1 aromatic heterocycles. The van der Waals surface area contributed by atoms with E-state index in [0.29, 0.717) is 11.3 Å². The maximum Gasteiger partial charge on any atom is 0.148 e. The summed E-state index contributed by atoms with van der Waals surface area (Å²) in [6, 6.07) is 0. The van der Waals surface area contributed by atoms with E-state index in [4.69, 9.17) is 16.3 Å². The number of ether oxygens (including phenoxy) is 1. The van der Waals surface area contributed by atoms with E-state index in [2.05, 4.69) is 25.9 Å². The zero-order valence-corrected chi connectivity index (χ0v) is 11.3. The van der Waals surface area contributed by atoms with Crippen LogP contribution >= 0.6 is 27.5 Å². The Labute approximate surface area is 108 Å². The zero-order chi connectivity index (χ0) is 11.5. The normalized spacial score (nSPS) is 20.1. The van der Waals surface area contributed by atoms with Crippen LogP contribution in [0.2, 0.25) is 5.15 Å². The summed E-state index contributed by atoms with van der Waals surface area (Å²) in [6.07, 6.45) is 4.02. The van der Waals surface area contributed by atoms with Gasteiger partial charge in [-0.1, -0.05) is 11.6 Å². The molecule has 1 atom stereocenters. The number of hydrogen-bond acceptors (Lipinski definition) is 4. The van der Waals surface area contributed by atoms with Crippen molar-refractivity contribution in [2.24, 2.45) is 0 Å². The molecule has 0 N–H and O–H groups in total. The zero-order valence-electron chi connectivity index (χ0n) is 8.99. The van der Waals surface area contributed by atoms with Crippen LogP contribution in [0.25, 0.3) is 0 Å². The predicted molar refractivity (Wildman–Crippen MR) is 67.0 cm³/mol. The van der Waals surface area contributed by atoms with E-state index in [1.165, 1.54) is 6.33 Å². The molecule has 0 bridgehead atoms. The minimum atomic E-state index is 0.297. The smallest absolute Gasteiger partial charge is 0.148 e. The van der Waals surface area contributed by atoms with Gasteiger partial charge in [-0.2, -0.15) is 0 Å². The van der Waals surface area contributed by atoms with Gasteiger partial charge in [0.15, 0.2) is 0 Å². The van der Waals surface area contributed by atoms with Crippen LogP contribution in [-0.2, 0) is 4.74 Å². The van der Waals surface area contributed by atoms with Crippen LogP contribution in [0.3, 0.4) is 0 Å². The van der Waals surface area contributed by atoms with E-state index >= 15 is 0 Å². The highest BCUT2D eigenvalue weighted by atomic mass is 79.9. The van der Waals surface area contributed by atoms with Crippen molar-refractivity contribution in [1.29, 1.82) is 0 Å². The van der Waals surface area contributed by atoms with Crippen molar-refractivity contribution >= 4 is 33.3 Å². The Hall–Kier alpha value is -0.390. The van der Waals surface area contributed by atoms with Gasteiger partial charge in [0.1, 0.15) is 17.3 Å². The third kappa shape index (κ3) is 2.64. The predicted octanol–water partition coefficient (Wildman–Crippen LogP) is 2.51. The fourth-order valence-corrected chi connectivity index (χ4v) is 2.42. The van der Waals surface area contributed by atoms with Gasteiger partial charge in [-0.3, -0.25) is 0 Å². The lowest BCUT2D eigenvalue weighted by atomic mass is 10.2. The van der Waals surface area contributed by atoms with Crippen molar-refractivity contribution in [3.05, 3.63) is 16.0 Å². The molecular formula is C10H13BrClN3O. The SMILES string of the molecule is CN(CC1CCCO1)c1ncnc(Cl)c1Br. The maximum atomic E-state index is 5.92. The Balaban J connectivity index is 2.07. The molecule has 0 spiro atoms. The van der Waals surface area contributed by atoms with Gasteiger partial charge >= 0.3 is 0 Å². The summed E-state index contributed by atoms with van der Waals surface area (Å²) in [5, 5.41) is 0.434. The fraction of sp³-hybridized carbons (Fsp3) is 0.600. The van der Waals surface area contributed by atoms with Gasteiger partial charge in [0, 0.05) is 20.2 Å². The molecular weight excluding hydrogens is 293 g/mol. The second kappa shape index (κ2) is 5.29. The summed E-state index contributed by atoms with van der Waals surface area (Å²) in [5.74, 6) is 0.801. The number of anilines is 1. The summed E-state index contributed by atoms with van der Waals surface area (Å²) in [4.78, 5) is 10.1. The second-order valence-electron chi connectivity index (χ2n) is 3.82. The van der Waals surface area contributed by atoms with Crippen LogP contribution in [0.4, 0.5) is 5.82 Å². The van der Waals surface area contributed by atoms with Crippen LogP contribution in [-0.4, -0.2) is 36.3 Å². The lowest BCUT2D eigenvalue weighted by molar-refractivity contribution is 0.116. The van der Waals surface area contributed by atoms with Gasteiger partial charge in [-0.25, -0.2) is 9.97 Å². The molecule has 0 aliphatic carbocycles. The van der Waals surface area contributed by atoms with E-state index in [1.54, 1.807) is 0 Å². The first-order chi connectivity index (χ1) is 7.68. The number of aromatic nitrogens is 2. The molecule has 88 valence electrons. The Morgan fingerprint density at radius 1 is 1.62 bits per heavy atom. The third-order valence-corrected chi connectivity index (χ3v) is 3.84. The van der Waals surface area contributed by atoms with Gasteiger partial charge in [0.2, 0.25) is 0 Å². The summed E-state index contributed by atoms with van der Waals surface area (Å²) < 4.78 is 6.32. The quantitative estimate of drug-likeness (QED) is 0.804. The number of halogens is 2. The van der Waals surface area contributed by atoms with Gasteiger partial charge in [0.05, 0.1) is 10.6 Å². The van der Waals surface area contributed by atoms with Crippen LogP contribution in [0.1, 0.15) is 12.8 Å². The molecule has 1 aliphatic rings. The van der Waals surface area contributed by atoms with Crippen LogP contribution < -0.4 is 4.90 Å². The minimum absolute atomic E-state index is 0.297. The number of hydrogen-bond donors (Lipinski definition) is 0. The van der Waals surface area contributed by atoms with E-state index in [0.717, 1.165) is 36.3 Å². The summed E-state index contributed by atoms with van der Waals surface area (Å²) >= 11 is 9.31. The highest BCUT2D eigenvalue weighted by Crippen LogP contribution is 2.29. The molecule has 16 heavy (non-hydrogen) atoms. The van der Waals surface area contributed by atoms with E-state index < -0.39 is 0 Å². The summed E-state index contributed by atoms with van der Waals surface area (Å²) in [7, 11) is 1.98. The molecule has 6 heteroatoms. The highest BCUT2D eigenvalue weighted by Gasteiger charge is 2.19. The lowest BCUT2D eigenvalue weighted by Crippen LogP contribution is -2.29. The van der Waals surface area contributed by atoms with Gasteiger partial charge in [0.25, 0.3) is 0 Å². The Kier molecular flexibility index (Phi) is 4.00. The Morgan fingerprint density at radius 3 is 3.12 bits per heavy atom. The minimum Gasteiger partial charge on any atom is -0.376 e. The average Bonchev–Trinajstić information content (AvgIpc) is 2.74. The van der Waals surface area contributed by atoms with E-state index in [9.17, 15) is 0 Å². The van der Waals surface area contributed by atoms with Gasteiger partial charge < -0.3 is 9.64 Å². The van der Waals surface area contributed by atoms with Crippen molar-refractivity contribution < 1.29 is 4.74 Å². The van der Waals surface area contributed by atoms with Crippen LogP contribution in [0.5, 0.6) is 0 Å². The molecule has 2 heterocycles. The van der Waals surface area contributed by atoms with Crippen LogP contribution in [0, 0.1) is 0 Å². The lowest BCUT2D eigenvalue weighted by Gasteiger charge is -2.22.